The van der Waals surface area contributed by atoms with Gasteiger partial charge in [0, 0.05) is 12.8 Å². The number of phenols is 1. The van der Waals surface area contributed by atoms with Crippen molar-refractivity contribution in [2.24, 2.45) is 0 Å². The summed E-state index contributed by atoms with van der Waals surface area (Å²) in [6.45, 7) is 1.91. The van der Waals surface area contributed by atoms with Crippen LogP contribution in [0.4, 0.5) is 0 Å². The highest BCUT2D eigenvalue weighted by molar-refractivity contribution is 5.81. The lowest BCUT2D eigenvalue weighted by Gasteiger charge is -2.12. The normalized spacial score (nSPS) is 21.5. The Balaban J connectivity index is 2.32. The molecule has 0 spiro atoms. The summed E-state index contributed by atoms with van der Waals surface area (Å²) in [5.74, 6) is 1.01. The van der Waals surface area contributed by atoms with Gasteiger partial charge in [0.15, 0.2) is 0 Å². The van der Waals surface area contributed by atoms with Gasteiger partial charge in [0.2, 0.25) is 0 Å². The van der Waals surface area contributed by atoms with Crippen molar-refractivity contribution >= 4 is 5.78 Å². The molecule has 0 bridgehead atoms. The highest BCUT2D eigenvalue weighted by atomic mass is 16.3. The Labute approximate surface area is 83.6 Å². The number of benzene rings is 1. The Morgan fingerprint density at radius 1 is 1.43 bits per heavy atom. The highest BCUT2D eigenvalue weighted by Gasteiger charge is 2.25. The number of aromatic hydroxyl groups is 1. The SMILES string of the molecule is Cc1c(O)cccc1C1CCC(=O)C1. The third-order valence-corrected chi connectivity index (χ3v) is 3.03. The average molecular weight is 190 g/mol. The van der Waals surface area contributed by atoms with Crippen LogP contribution in [0, 0.1) is 6.92 Å². The van der Waals surface area contributed by atoms with Gasteiger partial charge >= 0.3 is 0 Å². The van der Waals surface area contributed by atoms with Crippen molar-refractivity contribution in [3.05, 3.63) is 29.3 Å². The summed E-state index contributed by atoms with van der Waals surface area (Å²) in [5.41, 5.74) is 2.06. The Kier molecular flexibility index (Phi) is 2.28. The van der Waals surface area contributed by atoms with E-state index < -0.39 is 0 Å². The van der Waals surface area contributed by atoms with Crippen LogP contribution in [0.5, 0.6) is 5.75 Å². The van der Waals surface area contributed by atoms with Crippen molar-refractivity contribution in [3.63, 3.8) is 0 Å². The number of carbonyl (C=O) groups excluding carboxylic acids is 1. The van der Waals surface area contributed by atoms with Gasteiger partial charge in [-0.1, -0.05) is 12.1 Å². The summed E-state index contributed by atoms with van der Waals surface area (Å²) in [5, 5.41) is 9.54. The van der Waals surface area contributed by atoms with Crippen LogP contribution in [0.1, 0.15) is 36.3 Å². The minimum absolute atomic E-state index is 0.328. The molecular weight excluding hydrogens is 176 g/mol. The molecule has 14 heavy (non-hydrogen) atoms. The quantitative estimate of drug-likeness (QED) is 0.738. The molecule has 1 atom stereocenters. The number of rotatable bonds is 1. The summed E-state index contributed by atoms with van der Waals surface area (Å²) in [6.07, 6.45) is 2.27. The summed E-state index contributed by atoms with van der Waals surface area (Å²) in [4.78, 5) is 11.2. The zero-order valence-corrected chi connectivity index (χ0v) is 8.29. The van der Waals surface area contributed by atoms with Crippen molar-refractivity contribution in [3.8, 4) is 5.75 Å². The Hall–Kier alpha value is -1.31. The smallest absolute Gasteiger partial charge is 0.133 e. The van der Waals surface area contributed by atoms with E-state index >= 15 is 0 Å². The third-order valence-electron chi connectivity index (χ3n) is 3.03. The number of carbonyl (C=O) groups is 1. The lowest BCUT2D eigenvalue weighted by molar-refractivity contribution is -0.117. The summed E-state index contributed by atoms with van der Waals surface area (Å²) in [7, 11) is 0. The summed E-state index contributed by atoms with van der Waals surface area (Å²) < 4.78 is 0. The van der Waals surface area contributed by atoms with E-state index in [9.17, 15) is 9.90 Å². The van der Waals surface area contributed by atoms with Crippen LogP contribution >= 0.6 is 0 Å². The van der Waals surface area contributed by atoms with Crippen molar-refractivity contribution in [2.45, 2.75) is 32.1 Å². The van der Waals surface area contributed by atoms with Gasteiger partial charge in [-0.05, 0) is 36.5 Å². The maximum atomic E-state index is 11.2. The summed E-state index contributed by atoms with van der Waals surface area (Å²) in [6, 6.07) is 5.55. The molecular formula is C12H14O2. The first-order valence-corrected chi connectivity index (χ1v) is 4.98. The summed E-state index contributed by atoms with van der Waals surface area (Å²) >= 11 is 0. The first kappa shape index (κ1) is 9.25. The molecule has 74 valence electrons. The largest absolute Gasteiger partial charge is 0.508 e. The van der Waals surface area contributed by atoms with Crippen LogP contribution in [0.3, 0.4) is 0 Å². The lowest BCUT2D eigenvalue weighted by atomic mass is 9.93. The fourth-order valence-corrected chi connectivity index (χ4v) is 2.16. The molecule has 2 heteroatoms. The molecule has 1 N–H and O–H groups in total. The molecule has 1 aliphatic rings. The van der Waals surface area contributed by atoms with Crippen molar-refractivity contribution in [1.82, 2.24) is 0 Å². The van der Waals surface area contributed by atoms with E-state index in [0.717, 1.165) is 17.5 Å². The fourth-order valence-electron chi connectivity index (χ4n) is 2.16. The first-order chi connectivity index (χ1) is 6.68. The molecule has 1 saturated carbocycles. The molecule has 2 rings (SSSR count). The van der Waals surface area contributed by atoms with E-state index in [0.29, 0.717) is 30.3 Å². The molecule has 0 saturated heterocycles. The van der Waals surface area contributed by atoms with Gasteiger partial charge in [-0.15, -0.1) is 0 Å². The molecule has 0 heterocycles. The van der Waals surface area contributed by atoms with Gasteiger partial charge < -0.3 is 5.11 Å². The van der Waals surface area contributed by atoms with Gasteiger partial charge in [-0.25, -0.2) is 0 Å². The van der Waals surface area contributed by atoms with E-state index in [1.807, 2.05) is 19.1 Å². The Bertz CT molecular complexity index is 369. The van der Waals surface area contributed by atoms with Crippen LogP contribution < -0.4 is 0 Å². The van der Waals surface area contributed by atoms with E-state index in [4.69, 9.17) is 0 Å². The van der Waals surface area contributed by atoms with Crippen LogP contribution in [-0.2, 0) is 4.79 Å². The number of Topliss-reactive ketones (excluding diaryl/α,β-unsaturated/α-hetero) is 1. The second kappa shape index (κ2) is 3.45. The molecule has 1 aliphatic carbocycles. The van der Waals surface area contributed by atoms with E-state index in [1.165, 1.54) is 0 Å². The van der Waals surface area contributed by atoms with E-state index in [1.54, 1.807) is 6.07 Å². The molecule has 0 radical (unpaired) electrons. The third kappa shape index (κ3) is 1.52. The molecule has 0 aromatic heterocycles. The molecule has 0 aliphatic heterocycles. The minimum Gasteiger partial charge on any atom is -0.508 e. The second-order valence-corrected chi connectivity index (χ2v) is 3.97. The zero-order chi connectivity index (χ0) is 10.1. The maximum absolute atomic E-state index is 11.2. The van der Waals surface area contributed by atoms with Gasteiger partial charge in [0.1, 0.15) is 11.5 Å². The van der Waals surface area contributed by atoms with Gasteiger partial charge in [-0.3, -0.25) is 4.79 Å². The predicted octanol–water partition coefficient (Wildman–Crippen LogP) is 2.54. The molecule has 2 nitrogen and oxygen atoms in total. The van der Waals surface area contributed by atoms with Gasteiger partial charge in [0.25, 0.3) is 0 Å². The Morgan fingerprint density at radius 2 is 2.21 bits per heavy atom. The number of hydrogen-bond acceptors (Lipinski definition) is 2. The van der Waals surface area contributed by atoms with Crippen LogP contribution in [0.15, 0.2) is 18.2 Å². The monoisotopic (exact) mass is 190 g/mol. The second-order valence-electron chi connectivity index (χ2n) is 3.97. The average Bonchev–Trinajstić information content (AvgIpc) is 2.57. The molecule has 1 aromatic rings. The predicted molar refractivity (Wildman–Crippen MR) is 54.4 cm³/mol. The number of phenolic OH excluding ortho intramolecular Hbond substituents is 1. The van der Waals surface area contributed by atoms with Crippen molar-refractivity contribution in [2.75, 3.05) is 0 Å². The van der Waals surface area contributed by atoms with E-state index in [-0.39, 0.29) is 0 Å². The molecule has 1 aromatic carbocycles. The van der Waals surface area contributed by atoms with E-state index in [2.05, 4.69) is 0 Å². The standard InChI is InChI=1S/C12H14O2/c1-8-11(3-2-4-12(8)14)9-5-6-10(13)7-9/h2-4,9,14H,5-7H2,1H3. The Morgan fingerprint density at radius 3 is 2.86 bits per heavy atom. The van der Waals surface area contributed by atoms with Gasteiger partial charge in [-0.2, -0.15) is 0 Å². The van der Waals surface area contributed by atoms with Crippen LogP contribution in [0.2, 0.25) is 0 Å². The fraction of sp³-hybridized carbons (Fsp3) is 0.417. The zero-order valence-electron chi connectivity index (χ0n) is 8.29. The highest BCUT2D eigenvalue weighted by Crippen LogP contribution is 2.35. The van der Waals surface area contributed by atoms with Gasteiger partial charge in [0.05, 0.1) is 0 Å². The molecule has 1 unspecified atom stereocenters. The van der Waals surface area contributed by atoms with Crippen molar-refractivity contribution in [1.29, 1.82) is 0 Å². The van der Waals surface area contributed by atoms with Crippen molar-refractivity contribution < 1.29 is 9.90 Å². The van der Waals surface area contributed by atoms with Crippen LogP contribution in [-0.4, -0.2) is 10.9 Å². The topological polar surface area (TPSA) is 37.3 Å². The maximum Gasteiger partial charge on any atom is 0.133 e. The molecule has 0 amide bonds. The number of hydrogen-bond donors (Lipinski definition) is 1. The minimum atomic E-state index is 0.328. The van der Waals surface area contributed by atoms with Crippen LogP contribution in [0.25, 0.3) is 0 Å². The number of ketones is 1. The first-order valence-electron chi connectivity index (χ1n) is 4.98. The molecule has 1 fully saturated rings. The lowest BCUT2D eigenvalue weighted by Crippen LogP contribution is -1.97.